The van der Waals surface area contributed by atoms with Crippen molar-refractivity contribution in [3.8, 4) is 0 Å². The Morgan fingerprint density at radius 2 is 1.59 bits per heavy atom. The second-order valence-electron chi connectivity index (χ2n) is 7.59. The Kier molecular flexibility index (Phi) is 5.40. The summed E-state index contributed by atoms with van der Waals surface area (Å²) in [5.74, 6) is -0.0913. The van der Waals surface area contributed by atoms with E-state index in [4.69, 9.17) is 0 Å². The van der Waals surface area contributed by atoms with E-state index in [-0.39, 0.29) is 18.0 Å². The second-order valence-corrected chi connectivity index (χ2v) is 7.59. The van der Waals surface area contributed by atoms with Crippen LogP contribution < -0.4 is 15.9 Å². The number of nitrogens with one attached hydrogen (secondary N) is 1. The van der Waals surface area contributed by atoms with Gasteiger partial charge in [0.1, 0.15) is 0 Å². The van der Waals surface area contributed by atoms with Gasteiger partial charge in [0.15, 0.2) is 0 Å². The van der Waals surface area contributed by atoms with Gasteiger partial charge in [-0.15, -0.1) is 0 Å². The summed E-state index contributed by atoms with van der Waals surface area (Å²) in [6, 6.07) is 15.6. The first-order valence-corrected chi connectivity index (χ1v) is 10.0. The summed E-state index contributed by atoms with van der Waals surface area (Å²) < 4.78 is 3.29. The number of carbonyl (C=O) groups excluding carboxylic acids is 1. The molecule has 29 heavy (non-hydrogen) atoms. The van der Waals surface area contributed by atoms with Crippen molar-refractivity contribution < 1.29 is 4.79 Å². The molecule has 1 aliphatic heterocycles. The van der Waals surface area contributed by atoms with Crippen molar-refractivity contribution in [3.63, 3.8) is 0 Å². The lowest BCUT2D eigenvalue weighted by Crippen LogP contribution is -2.44. The molecule has 2 heterocycles. The number of piperazine rings is 1. The highest BCUT2D eigenvalue weighted by molar-refractivity contribution is 5.94. The van der Waals surface area contributed by atoms with Gasteiger partial charge in [-0.05, 0) is 31.3 Å². The van der Waals surface area contributed by atoms with Crippen LogP contribution in [0.1, 0.15) is 6.42 Å². The number of anilines is 2. The van der Waals surface area contributed by atoms with Crippen molar-refractivity contribution in [2.75, 3.05) is 43.4 Å². The molecule has 0 saturated carbocycles. The maximum absolute atomic E-state index is 12.7. The highest BCUT2D eigenvalue weighted by Crippen LogP contribution is 2.26. The minimum absolute atomic E-state index is 0.0913. The highest BCUT2D eigenvalue weighted by atomic mass is 16.2. The monoisotopic (exact) mass is 393 g/mol. The Labute approximate surface area is 170 Å². The summed E-state index contributed by atoms with van der Waals surface area (Å²) in [5.41, 5.74) is 3.50. The van der Waals surface area contributed by atoms with Gasteiger partial charge in [0.2, 0.25) is 5.91 Å². The van der Waals surface area contributed by atoms with E-state index < -0.39 is 0 Å². The molecule has 2 aromatic carbocycles. The van der Waals surface area contributed by atoms with Crippen LogP contribution in [0.5, 0.6) is 0 Å². The number of imidazole rings is 1. The van der Waals surface area contributed by atoms with E-state index in [9.17, 15) is 9.59 Å². The number of amides is 1. The predicted octanol–water partition coefficient (Wildman–Crippen LogP) is 2.12. The van der Waals surface area contributed by atoms with Gasteiger partial charge >= 0.3 is 5.69 Å². The minimum atomic E-state index is -0.100. The van der Waals surface area contributed by atoms with E-state index in [0.29, 0.717) is 6.54 Å². The van der Waals surface area contributed by atoms with Crippen LogP contribution in [0.25, 0.3) is 11.0 Å². The molecule has 0 bridgehead atoms. The predicted molar refractivity (Wildman–Crippen MR) is 117 cm³/mol. The van der Waals surface area contributed by atoms with Crippen LogP contribution in [0.4, 0.5) is 11.4 Å². The SMILES string of the molecule is CN1CCN(c2ccccc2NC(=O)CCn2c(=O)n(C)c3ccccc32)CC1. The van der Waals surface area contributed by atoms with E-state index in [1.165, 1.54) is 0 Å². The molecule has 1 N–H and O–H groups in total. The Hall–Kier alpha value is -3.06. The molecule has 1 amide bonds. The smallest absolute Gasteiger partial charge is 0.328 e. The third kappa shape index (κ3) is 3.91. The standard InChI is InChI=1S/C22H27N5O2/c1-24-13-15-26(16-14-24)18-8-4-3-7-17(18)23-21(28)11-12-27-20-10-6-5-9-19(20)25(2)22(27)29/h3-10H,11-16H2,1-2H3,(H,23,28). The number of hydrogen-bond acceptors (Lipinski definition) is 4. The lowest BCUT2D eigenvalue weighted by molar-refractivity contribution is -0.116. The molecular weight excluding hydrogens is 366 g/mol. The number of nitrogens with zero attached hydrogens (tertiary/aromatic N) is 4. The first kappa shape index (κ1) is 19.3. The van der Waals surface area contributed by atoms with E-state index in [0.717, 1.165) is 48.6 Å². The number of likely N-dealkylation sites (N-methyl/N-ethyl adjacent to an activating group) is 1. The van der Waals surface area contributed by atoms with Crippen LogP contribution in [-0.2, 0) is 18.4 Å². The van der Waals surface area contributed by atoms with E-state index in [2.05, 4.69) is 28.2 Å². The third-order valence-electron chi connectivity index (χ3n) is 5.64. The number of fused-ring (bicyclic) bond motifs is 1. The second kappa shape index (κ2) is 8.13. The van der Waals surface area contributed by atoms with Gasteiger partial charge in [-0.1, -0.05) is 24.3 Å². The number of para-hydroxylation sites is 4. The van der Waals surface area contributed by atoms with Crippen LogP contribution in [0.2, 0.25) is 0 Å². The van der Waals surface area contributed by atoms with E-state index in [1.807, 2.05) is 42.5 Å². The Morgan fingerprint density at radius 3 is 2.34 bits per heavy atom. The summed E-state index contributed by atoms with van der Waals surface area (Å²) in [7, 11) is 3.88. The summed E-state index contributed by atoms with van der Waals surface area (Å²) in [6.07, 6.45) is 0.241. The van der Waals surface area contributed by atoms with Crippen molar-refractivity contribution >= 4 is 28.3 Å². The number of carbonyl (C=O) groups is 1. The molecular formula is C22H27N5O2. The number of aromatic nitrogens is 2. The third-order valence-corrected chi connectivity index (χ3v) is 5.64. The van der Waals surface area contributed by atoms with Gasteiger partial charge in [0.05, 0.1) is 22.4 Å². The quantitative estimate of drug-likeness (QED) is 0.721. The fourth-order valence-corrected chi connectivity index (χ4v) is 3.91. The first-order valence-electron chi connectivity index (χ1n) is 10.0. The largest absolute Gasteiger partial charge is 0.367 e. The van der Waals surface area contributed by atoms with Gasteiger partial charge in [-0.25, -0.2) is 4.79 Å². The average molecular weight is 393 g/mol. The zero-order valence-electron chi connectivity index (χ0n) is 17.0. The van der Waals surface area contributed by atoms with Gasteiger partial charge in [-0.2, -0.15) is 0 Å². The van der Waals surface area contributed by atoms with Crippen LogP contribution in [-0.4, -0.2) is 53.2 Å². The maximum atomic E-state index is 12.7. The van der Waals surface area contributed by atoms with Crippen LogP contribution in [0, 0.1) is 0 Å². The van der Waals surface area contributed by atoms with Crippen LogP contribution >= 0.6 is 0 Å². The first-order chi connectivity index (χ1) is 14.0. The molecule has 0 aliphatic carbocycles. The van der Waals surface area contributed by atoms with Crippen molar-refractivity contribution in [2.45, 2.75) is 13.0 Å². The number of hydrogen-bond donors (Lipinski definition) is 1. The van der Waals surface area contributed by atoms with Gasteiger partial charge in [0.25, 0.3) is 0 Å². The lowest BCUT2D eigenvalue weighted by atomic mass is 10.2. The van der Waals surface area contributed by atoms with Gasteiger partial charge in [0, 0.05) is 46.2 Å². The zero-order valence-corrected chi connectivity index (χ0v) is 17.0. The fraction of sp³-hybridized carbons (Fsp3) is 0.364. The zero-order chi connectivity index (χ0) is 20.4. The summed E-state index contributed by atoms with van der Waals surface area (Å²) in [6.45, 7) is 4.24. The number of aryl methyl sites for hydroxylation is 2. The van der Waals surface area contributed by atoms with Crippen molar-refractivity contribution in [3.05, 3.63) is 59.0 Å². The van der Waals surface area contributed by atoms with Crippen LogP contribution in [0.15, 0.2) is 53.3 Å². The minimum Gasteiger partial charge on any atom is -0.367 e. The number of rotatable bonds is 5. The molecule has 1 aliphatic rings. The molecule has 152 valence electrons. The molecule has 0 radical (unpaired) electrons. The van der Waals surface area contributed by atoms with Crippen LogP contribution in [0.3, 0.4) is 0 Å². The van der Waals surface area contributed by atoms with Gasteiger partial charge in [-0.3, -0.25) is 13.9 Å². The van der Waals surface area contributed by atoms with Crippen molar-refractivity contribution in [2.24, 2.45) is 7.05 Å². The summed E-state index contributed by atoms with van der Waals surface area (Å²) in [4.78, 5) is 29.8. The Balaban J connectivity index is 1.46. The average Bonchev–Trinajstić information content (AvgIpc) is 2.98. The van der Waals surface area contributed by atoms with E-state index in [1.54, 1.807) is 16.2 Å². The molecule has 3 aromatic rings. The van der Waals surface area contributed by atoms with Crippen molar-refractivity contribution in [1.82, 2.24) is 14.0 Å². The normalized spacial score (nSPS) is 15.0. The molecule has 0 spiro atoms. The molecule has 1 aromatic heterocycles. The number of benzene rings is 2. The summed E-state index contributed by atoms with van der Waals surface area (Å²) in [5, 5.41) is 3.05. The molecule has 1 fully saturated rings. The molecule has 7 nitrogen and oxygen atoms in total. The fourth-order valence-electron chi connectivity index (χ4n) is 3.91. The Morgan fingerprint density at radius 1 is 0.931 bits per heavy atom. The van der Waals surface area contributed by atoms with Gasteiger partial charge < -0.3 is 15.1 Å². The van der Waals surface area contributed by atoms with E-state index >= 15 is 0 Å². The summed E-state index contributed by atoms with van der Waals surface area (Å²) >= 11 is 0. The molecule has 1 saturated heterocycles. The molecule has 7 heteroatoms. The lowest BCUT2D eigenvalue weighted by Gasteiger charge is -2.35. The highest BCUT2D eigenvalue weighted by Gasteiger charge is 2.18. The topological polar surface area (TPSA) is 62.5 Å². The molecule has 0 atom stereocenters. The maximum Gasteiger partial charge on any atom is 0.328 e. The molecule has 4 rings (SSSR count). The van der Waals surface area contributed by atoms with Crippen molar-refractivity contribution in [1.29, 1.82) is 0 Å². The Bertz CT molecular complexity index is 1080. The molecule has 0 unspecified atom stereocenters.